The van der Waals surface area contributed by atoms with Gasteiger partial charge in [-0.1, -0.05) is 23.2 Å². The molecule has 0 unspecified atom stereocenters. The molecule has 0 saturated carbocycles. The number of phosphoric ester groups is 1. The van der Waals surface area contributed by atoms with E-state index < -0.39 is 7.82 Å². The first-order valence-corrected chi connectivity index (χ1v) is 7.41. The van der Waals surface area contributed by atoms with Crippen LogP contribution in [0.4, 0.5) is 0 Å². The lowest BCUT2D eigenvalue weighted by Gasteiger charge is -2.16. The van der Waals surface area contributed by atoms with E-state index in [1.165, 1.54) is 0 Å². The fourth-order valence-corrected chi connectivity index (χ4v) is 2.43. The van der Waals surface area contributed by atoms with Crippen LogP contribution in [0.1, 0.15) is 19.5 Å². The lowest BCUT2D eigenvalue weighted by atomic mass is 10.5. The summed E-state index contributed by atoms with van der Waals surface area (Å²) in [4.78, 5) is 7.65. The fourth-order valence-electron chi connectivity index (χ4n) is 1.05. The Morgan fingerprint density at radius 2 is 1.72 bits per heavy atom. The van der Waals surface area contributed by atoms with Gasteiger partial charge in [-0.2, -0.15) is 9.97 Å². The van der Waals surface area contributed by atoms with E-state index >= 15 is 0 Å². The molecule has 0 bridgehead atoms. The molecule has 0 aliphatic heterocycles. The SMILES string of the molecule is CCOP(=O)(OCC)Oc1nc(C)c(Cl)c(Cl)n1. The van der Waals surface area contributed by atoms with E-state index in [4.69, 9.17) is 36.8 Å². The number of hydrogen-bond donors (Lipinski definition) is 0. The van der Waals surface area contributed by atoms with Gasteiger partial charge in [-0.05, 0) is 20.8 Å². The van der Waals surface area contributed by atoms with Crippen molar-refractivity contribution in [3.63, 3.8) is 0 Å². The number of nitrogens with zero attached hydrogens (tertiary/aromatic N) is 2. The Labute approximate surface area is 115 Å². The first kappa shape index (κ1) is 15.7. The molecule has 0 saturated heterocycles. The molecule has 1 rings (SSSR count). The number of rotatable bonds is 6. The van der Waals surface area contributed by atoms with Gasteiger partial charge in [0, 0.05) is 0 Å². The van der Waals surface area contributed by atoms with E-state index in [2.05, 4.69) is 9.97 Å². The molecule has 9 heteroatoms. The Balaban J connectivity index is 2.98. The maximum absolute atomic E-state index is 12.1. The topological polar surface area (TPSA) is 70.5 Å². The Kier molecular flexibility index (Phi) is 5.82. The molecule has 102 valence electrons. The zero-order valence-electron chi connectivity index (χ0n) is 10.1. The number of aromatic nitrogens is 2. The van der Waals surface area contributed by atoms with Gasteiger partial charge in [0.15, 0.2) is 5.15 Å². The Hall–Kier alpha value is -0.390. The van der Waals surface area contributed by atoms with Crippen molar-refractivity contribution in [1.29, 1.82) is 0 Å². The number of aryl methyl sites for hydroxylation is 1. The van der Waals surface area contributed by atoms with Crippen LogP contribution in [0.2, 0.25) is 10.2 Å². The molecule has 1 aromatic rings. The summed E-state index contributed by atoms with van der Waals surface area (Å²) in [7, 11) is -3.72. The first-order valence-electron chi connectivity index (χ1n) is 5.20. The van der Waals surface area contributed by atoms with Crippen LogP contribution in [-0.4, -0.2) is 23.2 Å². The second-order valence-electron chi connectivity index (χ2n) is 3.07. The van der Waals surface area contributed by atoms with Gasteiger partial charge < -0.3 is 4.52 Å². The Morgan fingerprint density at radius 1 is 1.17 bits per heavy atom. The largest absolute Gasteiger partial charge is 0.532 e. The quantitative estimate of drug-likeness (QED) is 0.589. The fraction of sp³-hybridized carbons (Fsp3) is 0.556. The molecule has 0 atom stereocenters. The predicted molar refractivity (Wildman–Crippen MR) is 68.3 cm³/mol. The van der Waals surface area contributed by atoms with Crippen molar-refractivity contribution >= 4 is 31.0 Å². The summed E-state index contributed by atoms with van der Waals surface area (Å²) in [5, 5.41) is 0.227. The van der Waals surface area contributed by atoms with E-state index in [0.717, 1.165) is 0 Å². The van der Waals surface area contributed by atoms with Gasteiger partial charge in [0.1, 0.15) is 0 Å². The summed E-state index contributed by atoms with van der Waals surface area (Å²) in [5.41, 5.74) is 0.409. The second-order valence-corrected chi connectivity index (χ2v) is 5.40. The van der Waals surface area contributed by atoms with Gasteiger partial charge in [0.25, 0.3) is 0 Å². The van der Waals surface area contributed by atoms with E-state index in [1.807, 2.05) is 0 Å². The van der Waals surface area contributed by atoms with Crippen molar-refractivity contribution in [1.82, 2.24) is 9.97 Å². The van der Waals surface area contributed by atoms with Crippen molar-refractivity contribution in [2.45, 2.75) is 20.8 Å². The van der Waals surface area contributed by atoms with E-state index in [-0.39, 0.29) is 29.4 Å². The van der Waals surface area contributed by atoms with E-state index in [0.29, 0.717) is 5.69 Å². The smallest absolute Gasteiger partial charge is 0.368 e. The van der Waals surface area contributed by atoms with Crippen LogP contribution in [0.5, 0.6) is 6.01 Å². The van der Waals surface area contributed by atoms with Gasteiger partial charge in [-0.15, -0.1) is 0 Å². The van der Waals surface area contributed by atoms with E-state index in [9.17, 15) is 4.57 Å². The monoisotopic (exact) mass is 314 g/mol. The van der Waals surface area contributed by atoms with Gasteiger partial charge in [-0.25, -0.2) is 4.57 Å². The van der Waals surface area contributed by atoms with Gasteiger partial charge >= 0.3 is 13.8 Å². The van der Waals surface area contributed by atoms with Crippen LogP contribution in [0, 0.1) is 6.92 Å². The minimum atomic E-state index is -3.72. The predicted octanol–water partition coefficient (Wildman–Crippen LogP) is 3.65. The second kappa shape index (κ2) is 6.68. The van der Waals surface area contributed by atoms with Gasteiger partial charge in [0.05, 0.1) is 23.9 Å². The van der Waals surface area contributed by atoms with Crippen molar-refractivity contribution < 1.29 is 18.1 Å². The summed E-state index contributed by atoms with van der Waals surface area (Å²) in [5.74, 6) is 0. The molecule has 0 aliphatic rings. The molecule has 0 fully saturated rings. The maximum Gasteiger partial charge on any atom is 0.532 e. The van der Waals surface area contributed by atoms with Crippen molar-refractivity contribution in [2.24, 2.45) is 0 Å². The third-order valence-electron chi connectivity index (χ3n) is 1.72. The molecule has 0 aliphatic carbocycles. The van der Waals surface area contributed by atoms with Gasteiger partial charge in [0.2, 0.25) is 0 Å². The van der Waals surface area contributed by atoms with Crippen molar-refractivity contribution in [3.05, 3.63) is 15.9 Å². The molecule has 6 nitrogen and oxygen atoms in total. The number of phosphoric acid groups is 1. The maximum atomic E-state index is 12.1. The van der Waals surface area contributed by atoms with Crippen LogP contribution in [-0.2, 0) is 13.6 Å². The Morgan fingerprint density at radius 3 is 2.17 bits per heavy atom. The highest BCUT2D eigenvalue weighted by Crippen LogP contribution is 2.48. The third-order valence-corrected chi connectivity index (χ3v) is 4.08. The standard InChI is InChI=1S/C9H13Cl2N2O4P/c1-4-15-18(14,16-5-2)17-9-12-6(3)7(10)8(11)13-9/h4-5H2,1-3H3. The molecule has 0 spiro atoms. The summed E-state index contributed by atoms with van der Waals surface area (Å²) in [6, 6.07) is -0.202. The summed E-state index contributed by atoms with van der Waals surface area (Å²) in [6.45, 7) is 5.27. The molecule has 1 aromatic heterocycles. The highest BCUT2D eigenvalue weighted by atomic mass is 35.5. The lowest BCUT2D eigenvalue weighted by Crippen LogP contribution is -2.05. The summed E-state index contributed by atoms with van der Waals surface area (Å²) < 4.78 is 27.0. The molecular formula is C9H13Cl2N2O4P. The average Bonchev–Trinajstić information content (AvgIpc) is 2.26. The summed E-state index contributed by atoms with van der Waals surface area (Å²) >= 11 is 11.6. The van der Waals surface area contributed by atoms with Gasteiger partial charge in [-0.3, -0.25) is 9.05 Å². The minimum absolute atomic E-state index is 0.0127. The zero-order chi connectivity index (χ0) is 13.8. The van der Waals surface area contributed by atoms with Crippen LogP contribution in [0.15, 0.2) is 0 Å². The van der Waals surface area contributed by atoms with Crippen molar-refractivity contribution in [3.8, 4) is 6.01 Å². The molecule has 0 amide bonds. The molecule has 0 aromatic carbocycles. The highest BCUT2D eigenvalue weighted by Gasteiger charge is 2.29. The molecule has 1 heterocycles. The van der Waals surface area contributed by atoms with E-state index in [1.54, 1.807) is 20.8 Å². The lowest BCUT2D eigenvalue weighted by molar-refractivity contribution is 0.164. The van der Waals surface area contributed by atoms with Crippen molar-refractivity contribution in [2.75, 3.05) is 13.2 Å². The van der Waals surface area contributed by atoms with Crippen LogP contribution in [0.25, 0.3) is 0 Å². The highest BCUT2D eigenvalue weighted by molar-refractivity contribution is 7.48. The van der Waals surface area contributed by atoms with Crippen LogP contribution in [0.3, 0.4) is 0 Å². The normalized spacial score (nSPS) is 11.6. The molecule has 0 radical (unpaired) electrons. The minimum Gasteiger partial charge on any atom is -0.368 e. The molecule has 0 N–H and O–H groups in total. The zero-order valence-corrected chi connectivity index (χ0v) is 12.6. The average molecular weight is 315 g/mol. The number of hydrogen-bond acceptors (Lipinski definition) is 6. The van der Waals surface area contributed by atoms with Crippen LogP contribution < -0.4 is 4.52 Å². The first-order chi connectivity index (χ1) is 8.41. The molecular weight excluding hydrogens is 302 g/mol. The van der Waals surface area contributed by atoms with Crippen LogP contribution >= 0.6 is 31.0 Å². The number of halogens is 2. The molecule has 18 heavy (non-hydrogen) atoms. The Bertz CT molecular complexity index is 439. The third kappa shape index (κ3) is 4.07. The summed E-state index contributed by atoms with van der Waals surface area (Å²) in [6.07, 6.45) is 0.